The number of piperazine rings is 1. The van der Waals surface area contributed by atoms with Crippen molar-refractivity contribution in [1.29, 1.82) is 0 Å². The van der Waals surface area contributed by atoms with Crippen LogP contribution in [-0.4, -0.2) is 79.2 Å². The van der Waals surface area contributed by atoms with Gasteiger partial charge in [0, 0.05) is 44.4 Å². The Hall–Kier alpha value is -4.38. The van der Waals surface area contributed by atoms with E-state index in [0.717, 1.165) is 66.1 Å². The van der Waals surface area contributed by atoms with E-state index in [1.54, 1.807) is 18.6 Å². The molecule has 188 valence electrons. The minimum absolute atomic E-state index is 0.0303. The second-order valence-electron chi connectivity index (χ2n) is 9.36. The average Bonchev–Trinajstić information content (AvgIpc) is 3.53. The van der Waals surface area contributed by atoms with Crippen LogP contribution in [0.1, 0.15) is 19.8 Å². The molecule has 5 aromatic heterocycles. The van der Waals surface area contributed by atoms with Crippen LogP contribution in [0.15, 0.2) is 43.0 Å². The number of H-pyrrole nitrogens is 2. The Morgan fingerprint density at radius 3 is 2.68 bits per heavy atom. The number of anilines is 2. The third-order valence-corrected chi connectivity index (χ3v) is 6.65. The van der Waals surface area contributed by atoms with Gasteiger partial charge in [-0.1, -0.05) is 6.92 Å². The summed E-state index contributed by atoms with van der Waals surface area (Å²) < 4.78 is 0. The van der Waals surface area contributed by atoms with Crippen LogP contribution < -0.4 is 10.2 Å². The second kappa shape index (κ2) is 9.58. The third-order valence-electron chi connectivity index (χ3n) is 6.65. The van der Waals surface area contributed by atoms with E-state index >= 15 is 0 Å². The van der Waals surface area contributed by atoms with Crippen molar-refractivity contribution < 1.29 is 4.79 Å². The molecule has 1 aliphatic heterocycles. The molecule has 11 heteroatoms. The number of aromatic amines is 2. The molecule has 11 nitrogen and oxygen atoms in total. The van der Waals surface area contributed by atoms with Gasteiger partial charge in [-0.2, -0.15) is 5.10 Å². The second-order valence-corrected chi connectivity index (χ2v) is 9.36. The zero-order valence-corrected chi connectivity index (χ0v) is 20.8. The van der Waals surface area contributed by atoms with Crippen LogP contribution in [0.5, 0.6) is 0 Å². The summed E-state index contributed by atoms with van der Waals surface area (Å²) in [6.07, 6.45) is 8.31. The molecule has 5 aromatic rings. The molecule has 1 aliphatic rings. The molecule has 0 aromatic carbocycles. The van der Waals surface area contributed by atoms with Crippen LogP contribution in [0.3, 0.4) is 0 Å². The van der Waals surface area contributed by atoms with Gasteiger partial charge >= 0.3 is 0 Å². The lowest BCUT2D eigenvalue weighted by Gasteiger charge is -2.33. The Balaban J connectivity index is 1.35. The van der Waals surface area contributed by atoms with Crippen LogP contribution >= 0.6 is 0 Å². The van der Waals surface area contributed by atoms with Crippen LogP contribution in [-0.2, 0) is 4.79 Å². The molecule has 1 amide bonds. The fourth-order valence-electron chi connectivity index (χ4n) is 4.63. The largest absolute Gasteiger partial charge is 0.366 e. The number of amides is 1. The lowest BCUT2D eigenvalue weighted by Crippen LogP contribution is -2.44. The number of nitrogens with one attached hydrogen (secondary N) is 3. The van der Waals surface area contributed by atoms with Crippen LogP contribution in [0.4, 0.5) is 11.4 Å². The number of likely N-dealkylation sites (N-methyl/N-ethyl adjacent to an activating group) is 1. The first-order valence-electron chi connectivity index (χ1n) is 12.5. The molecule has 1 saturated heterocycles. The normalized spacial score (nSPS) is 14.5. The number of nitrogens with zero attached hydrogens (tertiary/aromatic N) is 7. The van der Waals surface area contributed by atoms with Gasteiger partial charge in [0.15, 0.2) is 11.5 Å². The monoisotopic (exact) mass is 496 g/mol. The predicted octanol–water partition coefficient (Wildman–Crippen LogP) is 3.45. The summed E-state index contributed by atoms with van der Waals surface area (Å²) in [5, 5.41) is 10.5. The SMILES string of the molecule is CCCC(=O)Nc1cncc(-c2ccc3[nH]nc(-c4nc5c(N6CCN(C)CC6)cncc5[nH]4)c3n2)c1. The van der Waals surface area contributed by atoms with Gasteiger partial charge in [0.05, 0.1) is 46.7 Å². The van der Waals surface area contributed by atoms with Gasteiger partial charge in [-0.3, -0.25) is 19.9 Å². The molecule has 1 fully saturated rings. The fraction of sp³-hybridized carbons (Fsp3) is 0.308. The molecule has 0 aliphatic carbocycles. The van der Waals surface area contributed by atoms with Crippen molar-refractivity contribution >= 4 is 39.3 Å². The molecule has 3 N–H and O–H groups in total. The van der Waals surface area contributed by atoms with Crippen LogP contribution in [0.25, 0.3) is 44.8 Å². The third kappa shape index (κ3) is 4.49. The molecular weight excluding hydrogens is 468 g/mol. The number of carbonyl (C=O) groups excluding carboxylic acids is 1. The van der Waals surface area contributed by atoms with E-state index in [9.17, 15) is 4.79 Å². The molecule has 0 radical (unpaired) electrons. The van der Waals surface area contributed by atoms with Gasteiger partial charge in [0.1, 0.15) is 11.0 Å². The van der Waals surface area contributed by atoms with E-state index in [1.807, 2.05) is 31.3 Å². The number of aromatic nitrogens is 7. The molecule has 0 saturated carbocycles. The minimum Gasteiger partial charge on any atom is -0.366 e. The molecule has 6 rings (SSSR count). The van der Waals surface area contributed by atoms with Gasteiger partial charge < -0.3 is 20.1 Å². The summed E-state index contributed by atoms with van der Waals surface area (Å²) in [4.78, 5) is 38.6. The average molecular weight is 497 g/mol. The summed E-state index contributed by atoms with van der Waals surface area (Å²) in [6, 6.07) is 5.73. The Kier molecular flexibility index (Phi) is 5.97. The highest BCUT2D eigenvalue weighted by Crippen LogP contribution is 2.31. The zero-order valence-electron chi connectivity index (χ0n) is 20.8. The van der Waals surface area contributed by atoms with Gasteiger partial charge in [0.2, 0.25) is 5.91 Å². The van der Waals surface area contributed by atoms with Crippen molar-refractivity contribution in [3.05, 3.63) is 43.0 Å². The summed E-state index contributed by atoms with van der Waals surface area (Å²) >= 11 is 0. The fourth-order valence-corrected chi connectivity index (χ4v) is 4.63. The first-order valence-corrected chi connectivity index (χ1v) is 12.5. The highest BCUT2D eigenvalue weighted by atomic mass is 16.1. The van der Waals surface area contributed by atoms with Crippen LogP contribution in [0.2, 0.25) is 0 Å². The van der Waals surface area contributed by atoms with Crippen molar-refractivity contribution in [2.45, 2.75) is 19.8 Å². The Bertz CT molecular complexity index is 1580. The number of fused-ring (bicyclic) bond motifs is 2. The maximum atomic E-state index is 12.0. The minimum atomic E-state index is -0.0303. The summed E-state index contributed by atoms with van der Waals surface area (Å²) in [5.74, 6) is 0.602. The number of pyridine rings is 3. The van der Waals surface area contributed by atoms with Gasteiger partial charge in [-0.05, 0) is 31.7 Å². The van der Waals surface area contributed by atoms with E-state index in [0.29, 0.717) is 29.1 Å². The maximum Gasteiger partial charge on any atom is 0.224 e. The predicted molar refractivity (Wildman–Crippen MR) is 143 cm³/mol. The van der Waals surface area contributed by atoms with Crippen molar-refractivity contribution in [2.24, 2.45) is 0 Å². The van der Waals surface area contributed by atoms with Crippen molar-refractivity contribution in [1.82, 2.24) is 40.0 Å². The smallest absolute Gasteiger partial charge is 0.224 e. The van der Waals surface area contributed by atoms with Gasteiger partial charge in [-0.25, -0.2) is 9.97 Å². The standard InChI is InChI=1S/C26H28N10O/c1-3-4-22(37)29-17-11-16(12-27-13-17)18-5-6-19-24(30-18)25(34-33-19)26-31-20-14-28-15-21(23(20)32-26)36-9-7-35(2)8-10-36/h5-6,11-15H,3-4,7-10H2,1-2H3,(H,29,37)(H,31,32)(H,33,34). The van der Waals surface area contributed by atoms with Gasteiger partial charge in [-0.15, -0.1) is 0 Å². The van der Waals surface area contributed by atoms with E-state index in [-0.39, 0.29) is 5.91 Å². The lowest BCUT2D eigenvalue weighted by atomic mass is 10.1. The van der Waals surface area contributed by atoms with E-state index in [2.05, 4.69) is 47.3 Å². The highest BCUT2D eigenvalue weighted by Gasteiger charge is 2.21. The molecular formula is C26H28N10O. The number of rotatable bonds is 6. The first kappa shape index (κ1) is 23.0. The molecule has 0 unspecified atom stereocenters. The molecule has 6 heterocycles. The molecule has 0 atom stereocenters. The maximum absolute atomic E-state index is 12.0. The van der Waals surface area contributed by atoms with Crippen LogP contribution in [0, 0.1) is 0 Å². The number of carbonyl (C=O) groups is 1. The summed E-state index contributed by atoms with van der Waals surface area (Å²) in [5.41, 5.74) is 7.07. The van der Waals surface area contributed by atoms with Gasteiger partial charge in [0.25, 0.3) is 0 Å². The Labute approximate surface area is 213 Å². The van der Waals surface area contributed by atoms with E-state index in [4.69, 9.17) is 9.97 Å². The molecule has 0 bridgehead atoms. The number of imidazole rings is 1. The van der Waals surface area contributed by atoms with E-state index in [1.165, 1.54) is 0 Å². The topological polar surface area (TPSA) is 132 Å². The summed E-state index contributed by atoms with van der Waals surface area (Å²) in [7, 11) is 2.14. The molecule has 37 heavy (non-hydrogen) atoms. The number of hydrogen-bond donors (Lipinski definition) is 3. The van der Waals surface area contributed by atoms with Crippen molar-refractivity contribution in [3.63, 3.8) is 0 Å². The Morgan fingerprint density at radius 2 is 1.84 bits per heavy atom. The Morgan fingerprint density at radius 1 is 1.00 bits per heavy atom. The molecule has 0 spiro atoms. The van der Waals surface area contributed by atoms with E-state index < -0.39 is 0 Å². The summed E-state index contributed by atoms with van der Waals surface area (Å²) in [6.45, 7) is 5.84. The first-order chi connectivity index (χ1) is 18.1. The lowest BCUT2D eigenvalue weighted by molar-refractivity contribution is -0.116. The quantitative estimate of drug-likeness (QED) is 0.326. The van der Waals surface area contributed by atoms with Crippen molar-refractivity contribution in [3.8, 4) is 22.8 Å². The zero-order chi connectivity index (χ0) is 25.4. The van der Waals surface area contributed by atoms with Crippen molar-refractivity contribution in [2.75, 3.05) is 43.4 Å². The highest BCUT2D eigenvalue weighted by molar-refractivity contribution is 5.95. The number of hydrogen-bond acceptors (Lipinski definition) is 8.